The van der Waals surface area contributed by atoms with E-state index in [1.807, 2.05) is 0 Å². The molecule has 0 aromatic heterocycles. The monoisotopic (exact) mass is 232 g/mol. The van der Waals surface area contributed by atoms with Crippen LogP contribution in [-0.4, -0.2) is 20.4 Å². The van der Waals surface area contributed by atoms with Gasteiger partial charge < -0.3 is 20.4 Å². The second-order valence-electron chi connectivity index (χ2n) is 3.76. The molecule has 0 aliphatic heterocycles. The van der Waals surface area contributed by atoms with Crippen molar-refractivity contribution in [1.29, 1.82) is 0 Å². The van der Waals surface area contributed by atoms with E-state index in [-0.39, 0.29) is 11.1 Å². The van der Waals surface area contributed by atoms with Gasteiger partial charge >= 0.3 is 0 Å². The second kappa shape index (κ2) is 3.90. The molecule has 17 heavy (non-hydrogen) atoms. The SMILES string of the molecule is Cc1c(O)c(O)c(-c2ccccc2)c(O)c1O. The molecule has 4 N–H and O–H groups in total. The number of hydrogen-bond donors (Lipinski definition) is 4. The van der Waals surface area contributed by atoms with Crippen molar-refractivity contribution in [1.82, 2.24) is 0 Å². The molecule has 0 aliphatic rings. The Kier molecular flexibility index (Phi) is 2.55. The van der Waals surface area contributed by atoms with Gasteiger partial charge in [-0.15, -0.1) is 0 Å². The minimum atomic E-state index is -0.441. The number of benzene rings is 2. The van der Waals surface area contributed by atoms with Crippen molar-refractivity contribution in [2.45, 2.75) is 6.92 Å². The van der Waals surface area contributed by atoms with Crippen LogP contribution in [0.5, 0.6) is 23.0 Å². The molecule has 4 nitrogen and oxygen atoms in total. The quantitative estimate of drug-likeness (QED) is 0.450. The third kappa shape index (κ3) is 1.63. The minimum absolute atomic E-state index is 0.0196. The van der Waals surface area contributed by atoms with Gasteiger partial charge in [0.2, 0.25) is 0 Å². The molecule has 0 amide bonds. The normalized spacial score (nSPS) is 10.4. The highest BCUT2D eigenvalue weighted by molar-refractivity contribution is 5.83. The van der Waals surface area contributed by atoms with Gasteiger partial charge in [0.25, 0.3) is 0 Å². The maximum Gasteiger partial charge on any atom is 0.169 e. The van der Waals surface area contributed by atoms with Gasteiger partial charge in [0.05, 0.1) is 5.56 Å². The molecule has 0 unspecified atom stereocenters. The van der Waals surface area contributed by atoms with Gasteiger partial charge in [0, 0.05) is 5.56 Å². The zero-order valence-corrected chi connectivity index (χ0v) is 9.18. The van der Waals surface area contributed by atoms with Gasteiger partial charge in [-0.05, 0) is 12.5 Å². The lowest BCUT2D eigenvalue weighted by molar-refractivity contribution is 0.371. The first-order valence-corrected chi connectivity index (χ1v) is 5.06. The van der Waals surface area contributed by atoms with Crippen molar-refractivity contribution in [3.63, 3.8) is 0 Å². The van der Waals surface area contributed by atoms with Gasteiger partial charge in [0.15, 0.2) is 23.0 Å². The van der Waals surface area contributed by atoms with E-state index in [1.165, 1.54) is 6.92 Å². The fourth-order valence-electron chi connectivity index (χ4n) is 1.69. The van der Waals surface area contributed by atoms with E-state index in [9.17, 15) is 20.4 Å². The molecule has 4 heteroatoms. The molecule has 0 saturated carbocycles. The van der Waals surface area contributed by atoms with E-state index in [1.54, 1.807) is 30.3 Å². The Hall–Kier alpha value is -2.36. The molecular formula is C13H12O4. The topological polar surface area (TPSA) is 80.9 Å². The Labute approximate surface area is 98.0 Å². The van der Waals surface area contributed by atoms with Crippen LogP contribution in [0.3, 0.4) is 0 Å². The van der Waals surface area contributed by atoms with Crippen LogP contribution >= 0.6 is 0 Å². The van der Waals surface area contributed by atoms with Crippen LogP contribution in [0, 0.1) is 6.92 Å². The van der Waals surface area contributed by atoms with Crippen LogP contribution in [0.2, 0.25) is 0 Å². The van der Waals surface area contributed by atoms with Gasteiger partial charge in [0.1, 0.15) is 0 Å². The zero-order valence-electron chi connectivity index (χ0n) is 9.18. The highest BCUT2D eigenvalue weighted by Gasteiger charge is 2.21. The Morgan fingerprint density at radius 3 is 1.65 bits per heavy atom. The summed E-state index contributed by atoms with van der Waals surface area (Å²) in [5.41, 5.74) is 0.569. The van der Waals surface area contributed by atoms with Crippen molar-refractivity contribution in [2.75, 3.05) is 0 Å². The molecule has 88 valence electrons. The van der Waals surface area contributed by atoms with Crippen LogP contribution in [0.1, 0.15) is 5.56 Å². The van der Waals surface area contributed by atoms with Gasteiger partial charge in [-0.3, -0.25) is 0 Å². The molecule has 0 saturated heterocycles. The lowest BCUT2D eigenvalue weighted by atomic mass is 10.00. The number of rotatable bonds is 1. The summed E-state index contributed by atoms with van der Waals surface area (Å²) in [6, 6.07) is 8.54. The number of hydrogen-bond acceptors (Lipinski definition) is 4. The zero-order chi connectivity index (χ0) is 12.6. The molecule has 0 radical (unpaired) electrons. The number of phenols is 4. The lowest BCUT2D eigenvalue weighted by Gasteiger charge is -2.13. The van der Waals surface area contributed by atoms with Gasteiger partial charge in [-0.2, -0.15) is 0 Å². The van der Waals surface area contributed by atoms with Crippen LogP contribution in [0.25, 0.3) is 11.1 Å². The van der Waals surface area contributed by atoms with Crippen molar-refractivity contribution >= 4 is 0 Å². The largest absolute Gasteiger partial charge is 0.504 e. The molecule has 0 aliphatic carbocycles. The first-order valence-electron chi connectivity index (χ1n) is 5.06. The standard InChI is InChI=1S/C13H12O4/c1-7-10(14)12(16)9(13(17)11(7)15)8-5-3-2-4-6-8/h2-6,14-17H,1H3. The van der Waals surface area contributed by atoms with E-state index in [4.69, 9.17) is 0 Å². The van der Waals surface area contributed by atoms with E-state index < -0.39 is 23.0 Å². The maximum absolute atomic E-state index is 9.82. The summed E-state index contributed by atoms with van der Waals surface area (Å²) in [5, 5.41) is 38.9. The minimum Gasteiger partial charge on any atom is -0.504 e. The van der Waals surface area contributed by atoms with Crippen molar-refractivity contribution in [2.24, 2.45) is 0 Å². The molecule has 2 aromatic rings. The lowest BCUT2D eigenvalue weighted by Crippen LogP contribution is -1.86. The molecule has 0 atom stereocenters. The van der Waals surface area contributed by atoms with Crippen molar-refractivity contribution in [3.05, 3.63) is 35.9 Å². The first-order chi connectivity index (χ1) is 8.04. The highest BCUT2D eigenvalue weighted by Crippen LogP contribution is 2.50. The molecule has 0 bridgehead atoms. The van der Waals surface area contributed by atoms with E-state index in [0.717, 1.165) is 0 Å². The van der Waals surface area contributed by atoms with E-state index in [2.05, 4.69) is 0 Å². The highest BCUT2D eigenvalue weighted by atomic mass is 16.3. The second-order valence-corrected chi connectivity index (χ2v) is 3.76. The van der Waals surface area contributed by atoms with E-state index in [0.29, 0.717) is 5.56 Å². The van der Waals surface area contributed by atoms with Crippen LogP contribution in [-0.2, 0) is 0 Å². The predicted octanol–water partition coefficient (Wildman–Crippen LogP) is 2.48. The Morgan fingerprint density at radius 1 is 0.706 bits per heavy atom. The summed E-state index contributed by atoms with van der Waals surface area (Å²) in [4.78, 5) is 0. The summed E-state index contributed by atoms with van der Waals surface area (Å²) in [6.07, 6.45) is 0. The molecule has 0 fully saturated rings. The summed E-state index contributed by atoms with van der Waals surface area (Å²) in [5.74, 6) is -1.74. The summed E-state index contributed by atoms with van der Waals surface area (Å²) < 4.78 is 0. The summed E-state index contributed by atoms with van der Waals surface area (Å²) in [7, 11) is 0. The predicted molar refractivity (Wildman–Crippen MR) is 63.3 cm³/mol. The van der Waals surface area contributed by atoms with Gasteiger partial charge in [-0.25, -0.2) is 0 Å². The average Bonchev–Trinajstić information content (AvgIpc) is 2.36. The molecule has 0 spiro atoms. The summed E-state index contributed by atoms with van der Waals surface area (Å²) >= 11 is 0. The van der Waals surface area contributed by atoms with Crippen LogP contribution < -0.4 is 0 Å². The molecule has 2 aromatic carbocycles. The van der Waals surface area contributed by atoms with Crippen LogP contribution in [0.15, 0.2) is 30.3 Å². The Bertz CT molecular complexity index is 532. The Morgan fingerprint density at radius 2 is 1.18 bits per heavy atom. The third-order valence-electron chi connectivity index (χ3n) is 2.70. The van der Waals surface area contributed by atoms with Crippen LogP contribution in [0.4, 0.5) is 0 Å². The fourth-order valence-corrected chi connectivity index (χ4v) is 1.69. The Balaban J connectivity index is 2.80. The first kappa shape index (κ1) is 11.1. The molecular weight excluding hydrogens is 220 g/mol. The molecule has 2 rings (SSSR count). The average molecular weight is 232 g/mol. The van der Waals surface area contributed by atoms with Crippen molar-refractivity contribution < 1.29 is 20.4 Å². The van der Waals surface area contributed by atoms with Gasteiger partial charge in [-0.1, -0.05) is 30.3 Å². The number of aromatic hydroxyl groups is 4. The smallest absolute Gasteiger partial charge is 0.169 e. The summed E-state index contributed by atoms with van der Waals surface area (Å²) in [6.45, 7) is 1.40. The fraction of sp³-hybridized carbons (Fsp3) is 0.0769. The maximum atomic E-state index is 9.82. The number of phenolic OH excluding ortho intramolecular Hbond substituents is 4. The van der Waals surface area contributed by atoms with E-state index >= 15 is 0 Å². The molecule has 0 heterocycles. The third-order valence-corrected chi connectivity index (χ3v) is 2.70. The van der Waals surface area contributed by atoms with Crippen molar-refractivity contribution in [3.8, 4) is 34.1 Å².